The summed E-state index contributed by atoms with van der Waals surface area (Å²) in [7, 11) is 0. The van der Waals surface area contributed by atoms with Gasteiger partial charge in [0.1, 0.15) is 17.0 Å². The van der Waals surface area contributed by atoms with E-state index in [4.69, 9.17) is 9.47 Å². The predicted molar refractivity (Wildman–Crippen MR) is 140 cm³/mol. The lowest BCUT2D eigenvalue weighted by Gasteiger charge is -2.36. The molecule has 1 aliphatic rings. The van der Waals surface area contributed by atoms with E-state index in [1.54, 1.807) is 11.8 Å². The third kappa shape index (κ3) is 5.91. The maximum atomic E-state index is 12.1. The minimum atomic E-state index is -1.22. The van der Waals surface area contributed by atoms with Crippen LogP contribution >= 0.6 is 11.8 Å². The average Bonchev–Trinajstić information content (AvgIpc) is 2.80. The Morgan fingerprint density at radius 1 is 0.914 bits per heavy atom. The van der Waals surface area contributed by atoms with E-state index in [1.165, 1.54) is 0 Å². The first-order valence-electron chi connectivity index (χ1n) is 12.2. The van der Waals surface area contributed by atoms with Gasteiger partial charge in [0.2, 0.25) is 0 Å². The second kappa shape index (κ2) is 10.5. The second-order valence-electron chi connectivity index (χ2n) is 10.1. The lowest BCUT2D eigenvalue weighted by atomic mass is 9.79. The van der Waals surface area contributed by atoms with E-state index in [0.29, 0.717) is 13.0 Å². The third-order valence-electron chi connectivity index (χ3n) is 6.02. The van der Waals surface area contributed by atoms with Crippen LogP contribution in [0.15, 0.2) is 76.5 Å². The lowest BCUT2D eigenvalue weighted by Crippen LogP contribution is -2.32. The van der Waals surface area contributed by atoms with Gasteiger partial charge in [0, 0.05) is 27.3 Å². The maximum Gasteiger partial charge on any atom is 0.306 e. The zero-order chi connectivity index (χ0) is 25.1. The Hall–Kier alpha value is -2.76. The van der Waals surface area contributed by atoms with Gasteiger partial charge in [-0.3, -0.25) is 4.79 Å². The Morgan fingerprint density at radius 2 is 1.63 bits per heavy atom. The molecule has 4 rings (SSSR count). The molecular weight excluding hydrogens is 456 g/mol. The van der Waals surface area contributed by atoms with Crippen LogP contribution in [-0.4, -0.2) is 23.3 Å². The Balaban J connectivity index is 1.43. The van der Waals surface area contributed by atoms with Crippen molar-refractivity contribution >= 4 is 17.7 Å². The number of esters is 1. The molecule has 4 nitrogen and oxygen atoms in total. The van der Waals surface area contributed by atoms with Gasteiger partial charge in [-0.2, -0.15) is 0 Å². The number of rotatable bonds is 8. The summed E-state index contributed by atoms with van der Waals surface area (Å²) in [4.78, 5) is 13.9. The quantitative estimate of drug-likeness (QED) is 0.271. The molecular formula is C30H34O4S. The number of fused-ring (bicyclic) bond motifs is 2. The Kier molecular flexibility index (Phi) is 7.58. The number of unbranched alkanes of at least 4 members (excludes halogenated alkanes) is 2. The van der Waals surface area contributed by atoms with Crippen molar-refractivity contribution in [2.75, 3.05) is 6.61 Å². The Labute approximate surface area is 212 Å². The highest BCUT2D eigenvalue weighted by atomic mass is 32.2. The molecule has 0 bridgehead atoms. The molecule has 0 aromatic heterocycles. The number of hydrogen-bond donors (Lipinski definition) is 1. The molecule has 0 saturated carbocycles. The summed E-state index contributed by atoms with van der Waals surface area (Å²) in [5.74, 6) is 0.639. The lowest BCUT2D eigenvalue weighted by molar-refractivity contribution is -0.154. The van der Waals surface area contributed by atoms with E-state index < -0.39 is 11.2 Å². The standard InChI is InChI=1S/C30H34O4S/c1-21-13-15-22(16-14-21)30(32)24-10-7-8-11-26(24)35-27-20-23(17-18-25(27)30)33-19-9-5-6-12-28(31)34-29(2,3)4/h7-8,10-11,13-18,20,32H,5-6,9,12,19H2,1-4H3. The number of benzene rings is 3. The number of hydrogen-bond acceptors (Lipinski definition) is 5. The Bertz CT molecular complexity index is 1180. The van der Waals surface area contributed by atoms with Gasteiger partial charge in [-0.1, -0.05) is 65.9 Å². The highest BCUT2D eigenvalue weighted by Gasteiger charge is 2.41. The molecule has 0 saturated heterocycles. The van der Waals surface area contributed by atoms with Crippen LogP contribution in [0.4, 0.5) is 0 Å². The molecule has 1 unspecified atom stereocenters. The minimum absolute atomic E-state index is 0.147. The zero-order valence-electron chi connectivity index (χ0n) is 21.0. The molecule has 5 heteroatoms. The van der Waals surface area contributed by atoms with Crippen LogP contribution in [0.3, 0.4) is 0 Å². The number of aryl methyl sites for hydroxylation is 1. The predicted octanol–water partition coefficient (Wildman–Crippen LogP) is 7.02. The van der Waals surface area contributed by atoms with Crippen LogP contribution in [0, 0.1) is 6.92 Å². The van der Waals surface area contributed by atoms with E-state index in [-0.39, 0.29) is 5.97 Å². The van der Waals surface area contributed by atoms with Crippen molar-refractivity contribution in [3.63, 3.8) is 0 Å². The molecule has 184 valence electrons. The van der Waals surface area contributed by atoms with E-state index in [0.717, 1.165) is 57.1 Å². The van der Waals surface area contributed by atoms with E-state index in [9.17, 15) is 9.90 Å². The molecule has 0 spiro atoms. The number of aliphatic hydroxyl groups is 1. The number of carbonyl (C=O) groups excluding carboxylic acids is 1. The molecule has 1 aliphatic heterocycles. The molecule has 35 heavy (non-hydrogen) atoms. The van der Waals surface area contributed by atoms with E-state index in [2.05, 4.69) is 6.07 Å². The van der Waals surface area contributed by atoms with Crippen LogP contribution in [-0.2, 0) is 15.1 Å². The van der Waals surface area contributed by atoms with Crippen molar-refractivity contribution in [2.24, 2.45) is 0 Å². The first-order chi connectivity index (χ1) is 16.7. The summed E-state index contributed by atoms with van der Waals surface area (Å²) in [6.45, 7) is 8.28. The first-order valence-corrected chi connectivity index (χ1v) is 13.0. The first kappa shape index (κ1) is 25.3. The second-order valence-corrected chi connectivity index (χ2v) is 11.2. The number of ether oxygens (including phenoxy) is 2. The third-order valence-corrected chi connectivity index (χ3v) is 7.16. The fourth-order valence-corrected chi connectivity index (χ4v) is 5.54. The van der Waals surface area contributed by atoms with Gasteiger partial charge >= 0.3 is 5.97 Å². The van der Waals surface area contributed by atoms with E-state index >= 15 is 0 Å². The normalized spacial score (nSPS) is 16.8. The van der Waals surface area contributed by atoms with Crippen LogP contribution in [0.2, 0.25) is 0 Å². The fraction of sp³-hybridized carbons (Fsp3) is 0.367. The summed E-state index contributed by atoms with van der Waals surface area (Å²) in [5, 5.41) is 12.1. The summed E-state index contributed by atoms with van der Waals surface area (Å²) in [6, 6.07) is 22.1. The van der Waals surface area contributed by atoms with Gasteiger partial charge in [-0.25, -0.2) is 0 Å². The summed E-state index contributed by atoms with van der Waals surface area (Å²) < 4.78 is 11.4. The van der Waals surface area contributed by atoms with Crippen molar-refractivity contribution in [2.45, 2.75) is 74.4 Å². The summed E-state index contributed by atoms with van der Waals surface area (Å²) in [6.07, 6.45) is 2.99. The van der Waals surface area contributed by atoms with Crippen molar-refractivity contribution in [1.29, 1.82) is 0 Å². The molecule has 3 aromatic carbocycles. The van der Waals surface area contributed by atoms with Crippen LogP contribution in [0.25, 0.3) is 0 Å². The summed E-state index contributed by atoms with van der Waals surface area (Å²) in [5.41, 5.74) is 2.14. The molecule has 1 heterocycles. The van der Waals surface area contributed by atoms with Gasteiger partial charge in [0.25, 0.3) is 0 Å². The molecule has 0 aliphatic carbocycles. The van der Waals surface area contributed by atoms with Crippen molar-refractivity contribution < 1.29 is 19.4 Å². The monoisotopic (exact) mass is 490 g/mol. The highest BCUT2D eigenvalue weighted by molar-refractivity contribution is 7.99. The van der Waals surface area contributed by atoms with Gasteiger partial charge in [-0.15, -0.1) is 0 Å². The van der Waals surface area contributed by atoms with Crippen molar-refractivity contribution in [1.82, 2.24) is 0 Å². The topological polar surface area (TPSA) is 55.8 Å². The molecule has 0 radical (unpaired) electrons. The Morgan fingerprint density at radius 3 is 2.37 bits per heavy atom. The van der Waals surface area contributed by atoms with Gasteiger partial charge in [0.15, 0.2) is 0 Å². The largest absolute Gasteiger partial charge is 0.494 e. The molecule has 1 N–H and O–H groups in total. The highest BCUT2D eigenvalue weighted by Crippen LogP contribution is 2.51. The zero-order valence-corrected chi connectivity index (χ0v) is 21.8. The molecule has 3 aromatic rings. The number of carbonyl (C=O) groups is 1. The van der Waals surface area contributed by atoms with Crippen molar-refractivity contribution in [3.05, 3.63) is 89.0 Å². The van der Waals surface area contributed by atoms with E-state index in [1.807, 2.05) is 88.4 Å². The summed E-state index contributed by atoms with van der Waals surface area (Å²) >= 11 is 1.66. The molecule has 0 fully saturated rings. The van der Waals surface area contributed by atoms with Crippen LogP contribution in [0.5, 0.6) is 5.75 Å². The molecule has 1 atom stereocenters. The van der Waals surface area contributed by atoms with Crippen LogP contribution < -0.4 is 4.74 Å². The molecule has 0 amide bonds. The maximum absolute atomic E-state index is 12.1. The SMILES string of the molecule is Cc1ccc(C2(O)c3ccccc3Sc3cc(OCCCCCC(=O)OC(C)(C)C)ccc32)cc1. The smallest absolute Gasteiger partial charge is 0.306 e. The van der Waals surface area contributed by atoms with Crippen LogP contribution in [0.1, 0.15) is 68.7 Å². The van der Waals surface area contributed by atoms with Gasteiger partial charge in [-0.05, 0) is 70.7 Å². The van der Waals surface area contributed by atoms with Gasteiger partial charge < -0.3 is 14.6 Å². The van der Waals surface area contributed by atoms with Crippen molar-refractivity contribution in [3.8, 4) is 5.75 Å². The minimum Gasteiger partial charge on any atom is -0.494 e. The average molecular weight is 491 g/mol. The fourth-order valence-electron chi connectivity index (χ4n) is 4.33. The van der Waals surface area contributed by atoms with Gasteiger partial charge in [0.05, 0.1) is 6.61 Å².